The Morgan fingerprint density at radius 3 is 2.74 bits per heavy atom. The Labute approximate surface area is 141 Å². The number of halogens is 1. The fourth-order valence-corrected chi connectivity index (χ4v) is 7.04. The van der Waals surface area contributed by atoms with Crippen LogP contribution in [0.3, 0.4) is 0 Å². The van der Waals surface area contributed by atoms with Gasteiger partial charge in [-0.05, 0) is 37.7 Å². The number of fused-ring (bicyclic) bond motifs is 2. The molecule has 5 nitrogen and oxygen atoms in total. The fraction of sp³-hybridized carbons (Fsp3) is 0.562. The number of amides is 1. The predicted molar refractivity (Wildman–Crippen MR) is 91.0 cm³/mol. The molecule has 2 aliphatic rings. The molecule has 126 valence electrons. The van der Waals surface area contributed by atoms with Crippen LogP contribution >= 0.6 is 11.6 Å². The van der Waals surface area contributed by atoms with Crippen molar-refractivity contribution in [3.63, 3.8) is 0 Å². The van der Waals surface area contributed by atoms with E-state index in [1.807, 2.05) is 20.0 Å². The van der Waals surface area contributed by atoms with E-state index >= 15 is 0 Å². The molecule has 0 radical (unpaired) electrons. The topological polar surface area (TPSA) is 78.8 Å². The van der Waals surface area contributed by atoms with Crippen LogP contribution in [0.4, 0.5) is 5.69 Å². The van der Waals surface area contributed by atoms with E-state index in [1.54, 1.807) is 18.2 Å². The van der Waals surface area contributed by atoms with Crippen LogP contribution < -0.4 is 5.32 Å². The minimum atomic E-state index is -2.59. The molecule has 2 aliphatic heterocycles. The van der Waals surface area contributed by atoms with Gasteiger partial charge in [0.15, 0.2) is 13.9 Å². The Bertz CT molecular complexity index is 647. The highest BCUT2D eigenvalue weighted by molar-refractivity contribution is 6.71. The number of benzene rings is 1. The number of nitrogens with one attached hydrogen (secondary N) is 1. The summed E-state index contributed by atoms with van der Waals surface area (Å²) in [4.78, 5) is 23.5. The van der Waals surface area contributed by atoms with Gasteiger partial charge in [0, 0.05) is 34.3 Å². The first-order valence-electron chi connectivity index (χ1n) is 7.84. The molecule has 2 heterocycles. The van der Waals surface area contributed by atoms with Crippen LogP contribution in [0.2, 0.25) is 23.7 Å². The lowest BCUT2D eigenvalue weighted by atomic mass is 9.82. The van der Waals surface area contributed by atoms with Gasteiger partial charge in [0.25, 0.3) is 5.91 Å². The van der Waals surface area contributed by atoms with Crippen molar-refractivity contribution in [2.45, 2.75) is 43.7 Å². The number of rotatable bonds is 3. The number of hydrogen-bond donors (Lipinski definition) is 3. The zero-order valence-corrected chi connectivity index (χ0v) is 15.2. The molecule has 0 aliphatic carbocycles. The number of aliphatic hydroxyl groups excluding tert-OH is 1. The zero-order chi connectivity index (χ0) is 17.0. The lowest BCUT2D eigenvalue weighted by molar-refractivity contribution is -0.143. The van der Waals surface area contributed by atoms with Crippen LogP contribution in [-0.4, -0.2) is 36.8 Å². The number of carbonyl (C=O) groups excluding carboxylic acids is 1. The predicted octanol–water partition coefficient (Wildman–Crippen LogP) is 2.47. The summed E-state index contributed by atoms with van der Waals surface area (Å²) in [5.41, 5.74) is 0.140. The zero-order valence-electron chi connectivity index (χ0n) is 13.5. The van der Waals surface area contributed by atoms with Crippen LogP contribution in [0.15, 0.2) is 18.2 Å². The molecular weight excluding hydrogens is 334 g/mol. The molecule has 0 bridgehead atoms. The molecule has 3 N–H and O–H groups in total. The molecule has 0 saturated carbocycles. The highest BCUT2D eigenvalue weighted by atomic mass is 35.5. The van der Waals surface area contributed by atoms with E-state index in [0.29, 0.717) is 17.1 Å². The molecule has 1 aromatic rings. The van der Waals surface area contributed by atoms with Crippen molar-refractivity contribution in [3.8, 4) is 0 Å². The third-order valence-electron chi connectivity index (χ3n) is 5.11. The Morgan fingerprint density at radius 1 is 1.43 bits per heavy atom. The van der Waals surface area contributed by atoms with Crippen LogP contribution in [0, 0.1) is 5.92 Å². The van der Waals surface area contributed by atoms with E-state index in [0.717, 1.165) is 5.56 Å². The minimum absolute atomic E-state index is 0.0432. The van der Waals surface area contributed by atoms with Crippen molar-refractivity contribution in [2.75, 3.05) is 11.9 Å². The average Bonchev–Trinajstić information content (AvgIpc) is 2.88. The summed E-state index contributed by atoms with van der Waals surface area (Å²) < 4.78 is 6.24. The second-order valence-corrected chi connectivity index (χ2v) is 11.4. The van der Waals surface area contributed by atoms with E-state index in [9.17, 15) is 14.7 Å². The van der Waals surface area contributed by atoms with E-state index in [2.05, 4.69) is 5.32 Å². The lowest BCUT2D eigenvalue weighted by Gasteiger charge is -2.32. The highest BCUT2D eigenvalue weighted by Gasteiger charge is 2.64. The second kappa shape index (κ2) is 5.56. The molecule has 23 heavy (non-hydrogen) atoms. The van der Waals surface area contributed by atoms with Gasteiger partial charge in [-0.3, -0.25) is 4.79 Å². The Hall–Kier alpha value is -0.923. The van der Waals surface area contributed by atoms with Crippen LogP contribution in [0.5, 0.6) is 0 Å². The first kappa shape index (κ1) is 16.9. The van der Waals surface area contributed by atoms with Crippen molar-refractivity contribution < 1.29 is 19.4 Å². The van der Waals surface area contributed by atoms with Gasteiger partial charge in [-0.15, -0.1) is 0 Å². The highest BCUT2D eigenvalue weighted by Crippen LogP contribution is 2.58. The quantitative estimate of drug-likeness (QED) is 0.728. The van der Waals surface area contributed by atoms with Gasteiger partial charge in [0.2, 0.25) is 0 Å². The number of aliphatic hydroxyl groups is 1. The molecule has 1 amide bonds. The summed E-state index contributed by atoms with van der Waals surface area (Å²) in [5.74, 6) is -0.420. The van der Waals surface area contributed by atoms with Crippen molar-refractivity contribution in [1.29, 1.82) is 0 Å². The number of anilines is 1. The van der Waals surface area contributed by atoms with Gasteiger partial charge >= 0.3 is 0 Å². The standard InChI is InChI=1S/C16H22ClNO4Si/c1-9-14(23(2,3)21)13(6-7-19)22-16(9)11-8-10(17)4-5-12(11)18-15(16)20/h4-5,8-9,13-14,19,21H,6-7H2,1-3H3,(H,18,20)/t9-,13+,14-,16+/m0/s1. The largest absolute Gasteiger partial charge is 0.432 e. The van der Waals surface area contributed by atoms with Crippen LogP contribution in [0.25, 0.3) is 0 Å². The van der Waals surface area contributed by atoms with Crippen LogP contribution in [-0.2, 0) is 15.1 Å². The van der Waals surface area contributed by atoms with Gasteiger partial charge < -0.3 is 20.0 Å². The molecule has 3 rings (SSSR count). The Morgan fingerprint density at radius 2 is 2.13 bits per heavy atom. The van der Waals surface area contributed by atoms with E-state index in [4.69, 9.17) is 16.3 Å². The summed E-state index contributed by atoms with van der Waals surface area (Å²) in [7, 11) is -2.59. The molecule has 1 aromatic carbocycles. The second-order valence-electron chi connectivity index (χ2n) is 7.02. The number of carbonyl (C=O) groups is 1. The van der Waals surface area contributed by atoms with E-state index in [1.165, 1.54) is 0 Å². The maximum absolute atomic E-state index is 12.8. The molecule has 4 atom stereocenters. The first-order valence-corrected chi connectivity index (χ1v) is 11.2. The summed E-state index contributed by atoms with van der Waals surface area (Å²) in [6.07, 6.45) is 0.0501. The average molecular weight is 356 g/mol. The van der Waals surface area contributed by atoms with E-state index in [-0.39, 0.29) is 30.1 Å². The monoisotopic (exact) mass is 355 g/mol. The maximum atomic E-state index is 12.8. The summed E-state index contributed by atoms with van der Waals surface area (Å²) in [5, 5.41) is 12.8. The van der Waals surface area contributed by atoms with Gasteiger partial charge in [0.1, 0.15) is 0 Å². The van der Waals surface area contributed by atoms with Gasteiger partial charge in [0.05, 0.1) is 6.10 Å². The Balaban J connectivity index is 2.13. The number of ether oxygens (including phenoxy) is 1. The molecule has 1 saturated heterocycles. The molecule has 0 aromatic heterocycles. The Kier molecular flexibility index (Phi) is 4.09. The molecule has 1 spiro atoms. The van der Waals surface area contributed by atoms with Crippen molar-refractivity contribution in [2.24, 2.45) is 5.92 Å². The van der Waals surface area contributed by atoms with E-state index < -0.39 is 13.9 Å². The van der Waals surface area contributed by atoms with Gasteiger partial charge in [-0.25, -0.2) is 0 Å². The minimum Gasteiger partial charge on any atom is -0.432 e. The van der Waals surface area contributed by atoms with Crippen LogP contribution in [0.1, 0.15) is 18.9 Å². The third kappa shape index (κ3) is 2.44. The molecule has 0 unspecified atom stereocenters. The first-order chi connectivity index (χ1) is 10.7. The maximum Gasteiger partial charge on any atom is 0.261 e. The third-order valence-corrected chi connectivity index (χ3v) is 7.85. The number of hydrogen-bond acceptors (Lipinski definition) is 4. The molecule has 1 fully saturated rings. The fourth-order valence-electron chi connectivity index (χ4n) is 4.27. The van der Waals surface area contributed by atoms with Gasteiger partial charge in [-0.1, -0.05) is 18.5 Å². The summed E-state index contributed by atoms with van der Waals surface area (Å²) >= 11 is 6.13. The lowest BCUT2D eigenvalue weighted by Crippen LogP contribution is -2.43. The molecule has 7 heteroatoms. The van der Waals surface area contributed by atoms with Crippen molar-refractivity contribution >= 4 is 31.5 Å². The normalized spacial score (nSPS) is 33.1. The van der Waals surface area contributed by atoms with Gasteiger partial charge in [-0.2, -0.15) is 0 Å². The smallest absolute Gasteiger partial charge is 0.261 e. The molecular formula is C16H22ClNO4Si. The van der Waals surface area contributed by atoms with Crippen molar-refractivity contribution in [1.82, 2.24) is 0 Å². The van der Waals surface area contributed by atoms with Crippen molar-refractivity contribution in [3.05, 3.63) is 28.8 Å². The summed E-state index contributed by atoms with van der Waals surface area (Å²) in [6, 6.07) is 5.26. The summed E-state index contributed by atoms with van der Waals surface area (Å²) in [6.45, 7) is 5.61. The SMILES string of the molecule is C[C@H]1[C@H]([Si](C)(C)O)[C@@H](CCO)O[C@]12C(=O)Nc1ccc(Cl)cc12.